The number of hydrogen-bond donors (Lipinski definition) is 2. The topological polar surface area (TPSA) is 49.5 Å². The fourth-order valence-corrected chi connectivity index (χ4v) is 2.34. The van der Waals surface area contributed by atoms with Crippen molar-refractivity contribution in [3.8, 4) is 0 Å². The van der Waals surface area contributed by atoms with Crippen LogP contribution in [0.1, 0.15) is 32.6 Å². The average molecular weight is 200 g/mol. The number of rotatable bonds is 5. The Morgan fingerprint density at radius 1 is 1.43 bits per heavy atom. The first-order chi connectivity index (χ1) is 6.53. The lowest BCUT2D eigenvalue weighted by Gasteiger charge is -2.29. The summed E-state index contributed by atoms with van der Waals surface area (Å²) in [6.45, 7) is 3.93. The van der Waals surface area contributed by atoms with Gasteiger partial charge >= 0.3 is 0 Å². The highest BCUT2D eigenvalue weighted by Crippen LogP contribution is 2.25. The zero-order valence-corrected chi connectivity index (χ0v) is 9.50. The number of nitrogens with two attached hydrogens (primary N) is 1. The van der Waals surface area contributed by atoms with Crippen LogP contribution in [0.5, 0.6) is 0 Å². The van der Waals surface area contributed by atoms with Gasteiger partial charge in [0.2, 0.25) is 0 Å². The van der Waals surface area contributed by atoms with Gasteiger partial charge in [0.15, 0.2) is 0 Å². The summed E-state index contributed by atoms with van der Waals surface area (Å²) < 4.78 is 0. The van der Waals surface area contributed by atoms with Gasteiger partial charge in [-0.3, -0.25) is 0 Å². The van der Waals surface area contributed by atoms with E-state index in [1.165, 1.54) is 25.7 Å². The Kier molecular flexibility index (Phi) is 4.35. The number of nitrogens with zero attached hydrogens (tertiary/aromatic N) is 1. The second kappa shape index (κ2) is 5.10. The van der Waals surface area contributed by atoms with Crippen molar-refractivity contribution < 1.29 is 5.11 Å². The molecule has 0 bridgehead atoms. The fourth-order valence-electron chi connectivity index (χ4n) is 2.34. The zero-order chi connectivity index (χ0) is 10.6. The van der Waals surface area contributed by atoms with Crippen molar-refractivity contribution in [2.24, 2.45) is 11.7 Å². The van der Waals surface area contributed by atoms with Gasteiger partial charge in [-0.05, 0) is 32.7 Å². The predicted molar refractivity (Wildman–Crippen MR) is 59.1 cm³/mol. The molecule has 1 saturated carbocycles. The normalized spacial score (nSPS) is 22.9. The Balaban J connectivity index is 2.23. The molecule has 0 spiro atoms. The molecule has 0 aromatic rings. The van der Waals surface area contributed by atoms with E-state index < -0.39 is 5.60 Å². The number of hydrogen-bond acceptors (Lipinski definition) is 3. The smallest absolute Gasteiger partial charge is 0.0867 e. The lowest BCUT2D eigenvalue weighted by atomic mass is 10.0. The van der Waals surface area contributed by atoms with Crippen LogP contribution >= 0.6 is 0 Å². The van der Waals surface area contributed by atoms with Crippen LogP contribution in [-0.4, -0.2) is 42.3 Å². The fraction of sp³-hybridized carbons (Fsp3) is 1.00. The largest absolute Gasteiger partial charge is 0.388 e. The van der Waals surface area contributed by atoms with Gasteiger partial charge in [0.1, 0.15) is 0 Å². The third-order valence-electron chi connectivity index (χ3n) is 3.09. The van der Waals surface area contributed by atoms with Crippen LogP contribution in [0.25, 0.3) is 0 Å². The molecule has 1 rings (SSSR count). The van der Waals surface area contributed by atoms with Crippen molar-refractivity contribution in [2.45, 2.75) is 38.2 Å². The molecule has 3 N–H and O–H groups in total. The second-order valence-corrected chi connectivity index (χ2v) is 5.05. The van der Waals surface area contributed by atoms with Crippen molar-refractivity contribution in [3.05, 3.63) is 0 Å². The van der Waals surface area contributed by atoms with Gasteiger partial charge in [0.05, 0.1) is 5.60 Å². The molecule has 0 radical (unpaired) electrons. The quantitative estimate of drug-likeness (QED) is 0.691. The van der Waals surface area contributed by atoms with Crippen molar-refractivity contribution in [3.63, 3.8) is 0 Å². The molecular formula is C11H24N2O. The average Bonchev–Trinajstić information content (AvgIpc) is 2.55. The van der Waals surface area contributed by atoms with Crippen molar-refractivity contribution >= 4 is 0 Å². The van der Waals surface area contributed by atoms with E-state index >= 15 is 0 Å². The summed E-state index contributed by atoms with van der Waals surface area (Å²) in [5, 5.41) is 9.80. The lowest BCUT2D eigenvalue weighted by Crippen LogP contribution is -2.45. The van der Waals surface area contributed by atoms with Crippen LogP contribution in [0.4, 0.5) is 0 Å². The zero-order valence-electron chi connectivity index (χ0n) is 9.50. The van der Waals surface area contributed by atoms with Crippen LogP contribution in [0.3, 0.4) is 0 Å². The molecule has 0 aromatic carbocycles. The Morgan fingerprint density at radius 3 is 2.50 bits per heavy atom. The van der Waals surface area contributed by atoms with Gasteiger partial charge in [-0.25, -0.2) is 0 Å². The maximum Gasteiger partial charge on any atom is 0.0867 e. The summed E-state index contributed by atoms with van der Waals surface area (Å²) in [7, 11) is 2.07. The summed E-state index contributed by atoms with van der Waals surface area (Å²) in [6.07, 6.45) is 5.47. The maximum atomic E-state index is 9.80. The standard InChI is InChI=1S/C11H24N2O/c1-11(14,8-12)9-13(2)7-10-5-3-4-6-10/h10,14H,3-9,12H2,1-2H3. The highest BCUT2D eigenvalue weighted by Gasteiger charge is 2.23. The van der Waals surface area contributed by atoms with Crippen LogP contribution in [0, 0.1) is 5.92 Å². The minimum atomic E-state index is -0.729. The van der Waals surface area contributed by atoms with Crippen molar-refractivity contribution in [1.29, 1.82) is 0 Å². The molecule has 1 unspecified atom stereocenters. The molecule has 84 valence electrons. The van der Waals surface area contributed by atoms with E-state index in [2.05, 4.69) is 11.9 Å². The summed E-state index contributed by atoms with van der Waals surface area (Å²) in [6, 6.07) is 0. The second-order valence-electron chi connectivity index (χ2n) is 5.05. The first kappa shape index (κ1) is 12.0. The number of aliphatic hydroxyl groups is 1. The molecule has 1 aliphatic rings. The minimum absolute atomic E-state index is 0.335. The van der Waals surface area contributed by atoms with Crippen LogP contribution in [0.15, 0.2) is 0 Å². The van der Waals surface area contributed by atoms with Gasteiger partial charge in [-0.2, -0.15) is 0 Å². The molecule has 14 heavy (non-hydrogen) atoms. The molecule has 0 heterocycles. The Bertz CT molecular complexity index is 165. The third kappa shape index (κ3) is 3.95. The van der Waals surface area contributed by atoms with E-state index in [9.17, 15) is 5.11 Å². The Labute approximate surface area is 87.3 Å². The van der Waals surface area contributed by atoms with Crippen LogP contribution in [0.2, 0.25) is 0 Å². The highest BCUT2D eigenvalue weighted by molar-refractivity contribution is 4.79. The minimum Gasteiger partial charge on any atom is -0.388 e. The molecule has 0 saturated heterocycles. The van der Waals surface area contributed by atoms with E-state index in [0.29, 0.717) is 13.1 Å². The lowest BCUT2D eigenvalue weighted by molar-refractivity contribution is 0.0314. The predicted octanol–water partition coefficient (Wildman–Crippen LogP) is 0.818. The molecular weight excluding hydrogens is 176 g/mol. The van der Waals surface area contributed by atoms with E-state index in [0.717, 1.165) is 12.5 Å². The third-order valence-corrected chi connectivity index (χ3v) is 3.09. The molecule has 3 nitrogen and oxygen atoms in total. The summed E-state index contributed by atoms with van der Waals surface area (Å²) in [5.74, 6) is 0.841. The molecule has 0 aliphatic heterocycles. The van der Waals surface area contributed by atoms with Gasteiger partial charge in [-0.1, -0.05) is 12.8 Å². The van der Waals surface area contributed by atoms with Crippen LogP contribution in [-0.2, 0) is 0 Å². The Morgan fingerprint density at radius 2 is 2.00 bits per heavy atom. The van der Waals surface area contributed by atoms with Gasteiger partial charge < -0.3 is 15.7 Å². The molecule has 1 atom stereocenters. The van der Waals surface area contributed by atoms with E-state index in [-0.39, 0.29) is 0 Å². The van der Waals surface area contributed by atoms with Crippen molar-refractivity contribution in [2.75, 3.05) is 26.7 Å². The maximum absolute atomic E-state index is 9.80. The molecule has 0 amide bonds. The first-order valence-corrected chi connectivity index (χ1v) is 5.64. The van der Waals surface area contributed by atoms with Gasteiger partial charge in [0.25, 0.3) is 0 Å². The Hall–Kier alpha value is -0.120. The molecule has 1 aliphatic carbocycles. The number of likely N-dealkylation sites (N-methyl/N-ethyl adjacent to an activating group) is 1. The molecule has 0 aromatic heterocycles. The summed E-state index contributed by atoms with van der Waals surface area (Å²) in [5.41, 5.74) is 4.76. The van der Waals surface area contributed by atoms with Crippen LogP contribution < -0.4 is 5.73 Å². The first-order valence-electron chi connectivity index (χ1n) is 5.64. The SMILES string of the molecule is CN(CC1CCCC1)CC(C)(O)CN. The summed E-state index contributed by atoms with van der Waals surface area (Å²) in [4.78, 5) is 2.21. The van der Waals surface area contributed by atoms with Gasteiger partial charge in [-0.15, -0.1) is 0 Å². The van der Waals surface area contributed by atoms with E-state index in [1.54, 1.807) is 6.92 Å². The van der Waals surface area contributed by atoms with E-state index in [1.807, 2.05) is 0 Å². The summed E-state index contributed by atoms with van der Waals surface area (Å²) >= 11 is 0. The highest BCUT2D eigenvalue weighted by atomic mass is 16.3. The van der Waals surface area contributed by atoms with Crippen molar-refractivity contribution in [1.82, 2.24) is 4.90 Å². The molecule has 3 heteroatoms. The van der Waals surface area contributed by atoms with E-state index in [4.69, 9.17) is 5.73 Å². The van der Waals surface area contributed by atoms with Gasteiger partial charge in [0, 0.05) is 19.6 Å². The molecule has 1 fully saturated rings. The monoisotopic (exact) mass is 200 g/mol.